The molecule has 4 nitrogen and oxygen atoms in total. The molecule has 0 aliphatic heterocycles. The van der Waals surface area contributed by atoms with Gasteiger partial charge in [-0.05, 0) is 43.9 Å². The van der Waals surface area contributed by atoms with E-state index in [0.29, 0.717) is 12.1 Å². The van der Waals surface area contributed by atoms with E-state index in [1.807, 2.05) is 25.1 Å². The number of nitrogens with zero attached hydrogens (tertiary/aromatic N) is 2. The number of carbonyl (C=O) groups excluding carboxylic acids is 1. The fraction of sp³-hybridized carbons (Fsp3) is 0.250. The van der Waals surface area contributed by atoms with Crippen molar-refractivity contribution in [3.63, 3.8) is 0 Å². The van der Waals surface area contributed by atoms with E-state index >= 15 is 0 Å². The van der Waals surface area contributed by atoms with Gasteiger partial charge in [0.15, 0.2) is 0 Å². The van der Waals surface area contributed by atoms with Crippen molar-refractivity contribution < 1.29 is 9.18 Å². The lowest BCUT2D eigenvalue weighted by atomic mass is 10.1. The summed E-state index contributed by atoms with van der Waals surface area (Å²) in [5.74, 6) is -0.538. The summed E-state index contributed by atoms with van der Waals surface area (Å²) in [6.45, 7) is 0.356. The summed E-state index contributed by atoms with van der Waals surface area (Å²) < 4.78 is 13.4. The SMILES string of the molecule is CN(C)C(CNC(=O)c1ccnc(Cl)c1)c1cccc(F)c1. The molecular formula is C16H17ClFN3O. The van der Waals surface area contributed by atoms with E-state index in [4.69, 9.17) is 11.6 Å². The largest absolute Gasteiger partial charge is 0.350 e. The summed E-state index contributed by atoms with van der Waals surface area (Å²) >= 11 is 5.77. The van der Waals surface area contributed by atoms with Crippen LogP contribution in [-0.4, -0.2) is 36.4 Å². The van der Waals surface area contributed by atoms with Crippen molar-refractivity contribution in [2.75, 3.05) is 20.6 Å². The van der Waals surface area contributed by atoms with Gasteiger partial charge in [0.1, 0.15) is 11.0 Å². The number of hydrogen-bond acceptors (Lipinski definition) is 3. The van der Waals surface area contributed by atoms with Crippen molar-refractivity contribution in [2.24, 2.45) is 0 Å². The van der Waals surface area contributed by atoms with E-state index in [1.165, 1.54) is 24.4 Å². The molecule has 1 N–H and O–H groups in total. The van der Waals surface area contributed by atoms with Crippen LogP contribution in [0.3, 0.4) is 0 Å². The van der Waals surface area contributed by atoms with Crippen LogP contribution >= 0.6 is 11.6 Å². The topological polar surface area (TPSA) is 45.2 Å². The Morgan fingerprint density at radius 2 is 2.14 bits per heavy atom. The van der Waals surface area contributed by atoms with Crippen LogP contribution in [0.5, 0.6) is 0 Å². The average molecular weight is 322 g/mol. The number of halogens is 2. The molecule has 22 heavy (non-hydrogen) atoms. The Labute approximate surface area is 133 Å². The minimum absolute atomic E-state index is 0.128. The number of aromatic nitrogens is 1. The van der Waals surface area contributed by atoms with E-state index in [2.05, 4.69) is 10.3 Å². The summed E-state index contributed by atoms with van der Waals surface area (Å²) in [5.41, 5.74) is 1.25. The van der Waals surface area contributed by atoms with Gasteiger partial charge in [-0.3, -0.25) is 4.79 Å². The monoisotopic (exact) mass is 321 g/mol. The van der Waals surface area contributed by atoms with E-state index in [1.54, 1.807) is 12.1 Å². The Kier molecular flexibility index (Phi) is 5.46. The van der Waals surface area contributed by atoms with Gasteiger partial charge in [0.2, 0.25) is 0 Å². The highest BCUT2D eigenvalue weighted by Crippen LogP contribution is 2.18. The highest BCUT2D eigenvalue weighted by atomic mass is 35.5. The van der Waals surface area contributed by atoms with Gasteiger partial charge >= 0.3 is 0 Å². The zero-order chi connectivity index (χ0) is 16.1. The van der Waals surface area contributed by atoms with Crippen molar-refractivity contribution in [3.05, 3.63) is 64.7 Å². The smallest absolute Gasteiger partial charge is 0.251 e. The Hall–Kier alpha value is -1.98. The third-order valence-corrected chi connectivity index (χ3v) is 3.51. The number of likely N-dealkylation sites (N-methyl/N-ethyl adjacent to an activating group) is 1. The van der Waals surface area contributed by atoms with Crippen molar-refractivity contribution in [1.82, 2.24) is 15.2 Å². The van der Waals surface area contributed by atoms with Crippen molar-refractivity contribution in [1.29, 1.82) is 0 Å². The van der Waals surface area contributed by atoms with Gasteiger partial charge in [-0.2, -0.15) is 0 Å². The van der Waals surface area contributed by atoms with Crippen LogP contribution in [0, 0.1) is 5.82 Å². The maximum Gasteiger partial charge on any atom is 0.251 e. The maximum absolute atomic E-state index is 13.4. The predicted molar refractivity (Wildman–Crippen MR) is 84.4 cm³/mol. The van der Waals surface area contributed by atoms with Gasteiger partial charge in [-0.1, -0.05) is 23.7 Å². The summed E-state index contributed by atoms with van der Waals surface area (Å²) in [4.78, 5) is 17.9. The molecule has 1 heterocycles. The molecule has 1 atom stereocenters. The number of hydrogen-bond donors (Lipinski definition) is 1. The van der Waals surface area contributed by atoms with Crippen molar-refractivity contribution in [3.8, 4) is 0 Å². The average Bonchev–Trinajstić information content (AvgIpc) is 2.47. The van der Waals surface area contributed by atoms with Crippen LogP contribution < -0.4 is 5.32 Å². The number of carbonyl (C=O) groups is 1. The number of rotatable bonds is 5. The number of pyridine rings is 1. The molecular weight excluding hydrogens is 305 g/mol. The zero-order valence-corrected chi connectivity index (χ0v) is 13.1. The number of amides is 1. The van der Waals surface area contributed by atoms with Gasteiger partial charge in [0.05, 0.1) is 6.04 Å². The second-order valence-electron chi connectivity index (χ2n) is 5.11. The normalized spacial score (nSPS) is 12.2. The van der Waals surface area contributed by atoms with Crippen molar-refractivity contribution >= 4 is 17.5 Å². The molecule has 1 unspecified atom stereocenters. The molecule has 0 spiro atoms. The standard InChI is InChI=1S/C16H17ClFN3O/c1-21(2)14(11-4-3-5-13(18)8-11)10-20-16(22)12-6-7-19-15(17)9-12/h3-9,14H,10H2,1-2H3,(H,20,22). The molecule has 1 aromatic heterocycles. The van der Waals surface area contributed by atoms with E-state index in [9.17, 15) is 9.18 Å². The molecule has 0 saturated carbocycles. The van der Waals surface area contributed by atoms with E-state index in [-0.39, 0.29) is 22.9 Å². The predicted octanol–water partition coefficient (Wildman–Crippen LogP) is 2.91. The van der Waals surface area contributed by atoms with Crippen LogP contribution in [0.4, 0.5) is 4.39 Å². The Balaban J connectivity index is 2.08. The fourth-order valence-corrected chi connectivity index (χ4v) is 2.32. The lowest BCUT2D eigenvalue weighted by molar-refractivity contribution is 0.0942. The molecule has 6 heteroatoms. The first kappa shape index (κ1) is 16.4. The summed E-state index contributed by atoms with van der Waals surface area (Å²) in [5, 5.41) is 3.10. The van der Waals surface area contributed by atoms with Crippen LogP contribution in [-0.2, 0) is 0 Å². The van der Waals surface area contributed by atoms with Gasteiger partial charge in [0.25, 0.3) is 5.91 Å². The lowest BCUT2D eigenvalue weighted by Gasteiger charge is -2.25. The number of benzene rings is 1. The van der Waals surface area contributed by atoms with Gasteiger partial charge in [0, 0.05) is 18.3 Å². The highest BCUT2D eigenvalue weighted by Gasteiger charge is 2.16. The molecule has 2 aromatic rings. The molecule has 0 fully saturated rings. The van der Waals surface area contributed by atoms with Crippen LogP contribution in [0.2, 0.25) is 5.15 Å². The van der Waals surface area contributed by atoms with Crippen molar-refractivity contribution in [2.45, 2.75) is 6.04 Å². The minimum Gasteiger partial charge on any atom is -0.350 e. The summed E-state index contributed by atoms with van der Waals surface area (Å²) in [6, 6.07) is 9.33. The zero-order valence-electron chi connectivity index (χ0n) is 12.4. The fourth-order valence-electron chi connectivity index (χ4n) is 2.15. The van der Waals surface area contributed by atoms with E-state index in [0.717, 1.165) is 5.56 Å². The quantitative estimate of drug-likeness (QED) is 0.861. The first-order valence-corrected chi connectivity index (χ1v) is 7.17. The summed E-state index contributed by atoms with van der Waals surface area (Å²) in [6.07, 6.45) is 1.48. The molecule has 2 rings (SSSR count). The third kappa shape index (κ3) is 4.26. The minimum atomic E-state index is -0.295. The molecule has 1 amide bonds. The molecule has 116 valence electrons. The molecule has 0 aliphatic rings. The lowest BCUT2D eigenvalue weighted by Crippen LogP contribution is -2.34. The highest BCUT2D eigenvalue weighted by molar-refractivity contribution is 6.29. The van der Waals surface area contributed by atoms with Crippen LogP contribution in [0.25, 0.3) is 0 Å². The van der Waals surface area contributed by atoms with E-state index < -0.39 is 0 Å². The third-order valence-electron chi connectivity index (χ3n) is 3.30. The Morgan fingerprint density at radius 1 is 1.36 bits per heavy atom. The molecule has 0 bridgehead atoms. The maximum atomic E-state index is 13.4. The second kappa shape index (κ2) is 7.33. The van der Waals surface area contributed by atoms with Crippen LogP contribution in [0.1, 0.15) is 22.0 Å². The first-order chi connectivity index (χ1) is 10.5. The molecule has 0 saturated heterocycles. The molecule has 0 radical (unpaired) electrons. The Morgan fingerprint density at radius 3 is 2.77 bits per heavy atom. The molecule has 1 aromatic carbocycles. The second-order valence-corrected chi connectivity index (χ2v) is 5.50. The van der Waals surface area contributed by atoms with Gasteiger partial charge in [-0.15, -0.1) is 0 Å². The van der Waals surface area contributed by atoms with Gasteiger partial charge < -0.3 is 10.2 Å². The molecule has 0 aliphatic carbocycles. The Bertz CT molecular complexity index is 663. The number of nitrogens with one attached hydrogen (secondary N) is 1. The van der Waals surface area contributed by atoms with Gasteiger partial charge in [-0.25, -0.2) is 9.37 Å². The summed E-state index contributed by atoms with van der Waals surface area (Å²) in [7, 11) is 3.76. The first-order valence-electron chi connectivity index (χ1n) is 6.79. The van der Waals surface area contributed by atoms with Crippen LogP contribution in [0.15, 0.2) is 42.6 Å².